The van der Waals surface area contributed by atoms with E-state index in [-0.39, 0.29) is 0 Å². The first kappa shape index (κ1) is 13.4. The van der Waals surface area contributed by atoms with Crippen LogP contribution in [0.15, 0.2) is 72.8 Å². The summed E-state index contributed by atoms with van der Waals surface area (Å²) >= 11 is 0. The van der Waals surface area contributed by atoms with Gasteiger partial charge in [0.1, 0.15) is 5.75 Å². The Labute approximate surface area is 125 Å². The highest BCUT2D eigenvalue weighted by Crippen LogP contribution is 2.34. The van der Waals surface area contributed by atoms with Crippen LogP contribution < -0.4 is 4.74 Å². The Morgan fingerprint density at radius 2 is 1.33 bits per heavy atom. The Kier molecular flexibility index (Phi) is 3.74. The zero-order chi connectivity index (χ0) is 14.7. The zero-order valence-electron chi connectivity index (χ0n) is 12.3. The molecule has 0 aliphatic heterocycles. The Morgan fingerprint density at radius 3 is 2.00 bits per heavy atom. The number of hydrogen-bond acceptors (Lipinski definition) is 1. The molecule has 0 atom stereocenters. The second-order valence-corrected chi connectivity index (χ2v) is 5.14. The smallest absolute Gasteiger partial charge is 0.119 e. The van der Waals surface area contributed by atoms with Crippen LogP contribution in [0.2, 0.25) is 0 Å². The summed E-state index contributed by atoms with van der Waals surface area (Å²) in [6.07, 6.45) is 0. The number of ether oxygens (including phenoxy) is 1. The molecule has 0 fully saturated rings. The molecule has 0 saturated carbocycles. The maximum absolute atomic E-state index is 5.39. The minimum absolute atomic E-state index is 0.879. The number of rotatable bonds is 3. The van der Waals surface area contributed by atoms with Gasteiger partial charge in [0.15, 0.2) is 0 Å². The van der Waals surface area contributed by atoms with Gasteiger partial charge in [-0.25, -0.2) is 0 Å². The number of methoxy groups -OCH3 is 1. The summed E-state index contributed by atoms with van der Waals surface area (Å²) in [5.74, 6) is 0.879. The second kappa shape index (κ2) is 5.84. The Balaban J connectivity index is 2.18. The molecule has 0 saturated heterocycles. The summed E-state index contributed by atoms with van der Waals surface area (Å²) in [6.45, 7) is 2.11. The fourth-order valence-corrected chi connectivity index (χ4v) is 2.49. The Bertz CT molecular complexity index is 728. The van der Waals surface area contributed by atoms with Crippen molar-refractivity contribution in [3.8, 4) is 28.0 Å². The molecule has 0 aromatic heterocycles. The molecule has 0 aliphatic rings. The van der Waals surface area contributed by atoms with Gasteiger partial charge in [-0.1, -0.05) is 66.2 Å². The van der Waals surface area contributed by atoms with Crippen LogP contribution >= 0.6 is 0 Å². The van der Waals surface area contributed by atoms with Crippen LogP contribution in [0.1, 0.15) is 5.56 Å². The lowest BCUT2D eigenvalue weighted by molar-refractivity contribution is 0.415. The highest BCUT2D eigenvalue weighted by molar-refractivity contribution is 5.84. The van der Waals surface area contributed by atoms with Crippen molar-refractivity contribution in [2.45, 2.75) is 6.92 Å². The van der Waals surface area contributed by atoms with Crippen molar-refractivity contribution in [2.75, 3.05) is 7.11 Å². The quantitative estimate of drug-likeness (QED) is 0.626. The molecule has 3 aromatic rings. The molecule has 3 rings (SSSR count). The summed E-state index contributed by atoms with van der Waals surface area (Å²) in [5, 5.41) is 0. The van der Waals surface area contributed by atoms with Crippen LogP contribution in [-0.4, -0.2) is 7.11 Å². The van der Waals surface area contributed by atoms with E-state index in [1.54, 1.807) is 7.11 Å². The van der Waals surface area contributed by atoms with Crippen LogP contribution in [0, 0.1) is 6.92 Å². The molecule has 0 N–H and O–H groups in total. The molecule has 0 amide bonds. The van der Waals surface area contributed by atoms with Gasteiger partial charge in [0.25, 0.3) is 0 Å². The monoisotopic (exact) mass is 274 g/mol. The number of hydrogen-bond donors (Lipinski definition) is 0. The van der Waals surface area contributed by atoms with Crippen molar-refractivity contribution in [3.05, 3.63) is 78.4 Å². The molecule has 0 aliphatic carbocycles. The SMILES string of the molecule is COc1ccc(-c2ccc(C)cc2)c(-c2ccccc2)c1. The Hall–Kier alpha value is -2.54. The summed E-state index contributed by atoms with van der Waals surface area (Å²) in [4.78, 5) is 0. The van der Waals surface area contributed by atoms with Gasteiger partial charge in [-0.05, 0) is 41.3 Å². The van der Waals surface area contributed by atoms with Crippen LogP contribution in [0.3, 0.4) is 0 Å². The zero-order valence-corrected chi connectivity index (χ0v) is 12.3. The van der Waals surface area contributed by atoms with E-state index >= 15 is 0 Å². The van der Waals surface area contributed by atoms with Crippen molar-refractivity contribution in [1.29, 1.82) is 0 Å². The maximum atomic E-state index is 5.39. The first-order valence-corrected chi connectivity index (χ1v) is 7.08. The number of benzene rings is 3. The molecule has 0 spiro atoms. The fourth-order valence-electron chi connectivity index (χ4n) is 2.49. The average molecular weight is 274 g/mol. The third kappa shape index (κ3) is 2.82. The molecule has 1 heteroatoms. The van der Waals surface area contributed by atoms with Gasteiger partial charge in [-0.3, -0.25) is 0 Å². The standard InChI is InChI=1S/C20H18O/c1-15-8-10-17(11-9-15)19-13-12-18(21-2)14-20(19)16-6-4-3-5-7-16/h3-14H,1-2H3. The molecule has 0 bridgehead atoms. The van der Waals surface area contributed by atoms with Crippen molar-refractivity contribution < 1.29 is 4.74 Å². The lowest BCUT2D eigenvalue weighted by Gasteiger charge is -2.12. The van der Waals surface area contributed by atoms with E-state index in [0.29, 0.717) is 0 Å². The summed E-state index contributed by atoms with van der Waals surface area (Å²) in [7, 11) is 1.70. The minimum Gasteiger partial charge on any atom is -0.497 e. The molecule has 21 heavy (non-hydrogen) atoms. The van der Waals surface area contributed by atoms with E-state index in [2.05, 4.69) is 67.6 Å². The van der Waals surface area contributed by atoms with Crippen molar-refractivity contribution >= 4 is 0 Å². The van der Waals surface area contributed by atoms with E-state index in [0.717, 1.165) is 5.75 Å². The molecule has 104 valence electrons. The Morgan fingerprint density at radius 1 is 0.667 bits per heavy atom. The molecular formula is C20H18O. The van der Waals surface area contributed by atoms with E-state index in [1.165, 1.54) is 27.8 Å². The normalized spacial score (nSPS) is 10.4. The van der Waals surface area contributed by atoms with E-state index in [1.807, 2.05) is 12.1 Å². The molecule has 0 radical (unpaired) electrons. The average Bonchev–Trinajstić information content (AvgIpc) is 2.56. The maximum Gasteiger partial charge on any atom is 0.119 e. The predicted molar refractivity (Wildman–Crippen MR) is 88.6 cm³/mol. The molecule has 3 aromatic carbocycles. The molecule has 1 nitrogen and oxygen atoms in total. The summed E-state index contributed by atoms with van der Waals surface area (Å²) in [5.41, 5.74) is 6.11. The van der Waals surface area contributed by atoms with Gasteiger partial charge >= 0.3 is 0 Å². The lowest BCUT2D eigenvalue weighted by Crippen LogP contribution is -1.89. The first-order valence-electron chi connectivity index (χ1n) is 7.08. The van der Waals surface area contributed by atoms with Gasteiger partial charge in [0, 0.05) is 0 Å². The largest absolute Gasteiger partial charge is 0.497 e. The highest BCUT2D eigenvalue weighted by Gasteiger charge is 2.08. The van der Waals surface area contributed by atoms with E-state index in [4.69, 9.17) is 4.74 Å². The van der Waals surface area contributed by atoms with Crippen molar-refractivity contribution in [1.82, 2.24) is 0 Å². The van der Waals surface area contributed by atoms with E-state index in [9.17, 15) is 0 Å². The molecule has 0 unspecified atom stereocenters. The van der Waals surface area contributed by atoms with Gasteiger partial charge in [0.2, 0.25) is 0 Å². The highest BCUT2D eigenvalue weighted by atomic mass is 16.5. The van der Waals surface area contributed by atoms with Gasteiger partial charge in [0.05, 0.1) is 7.11 Å². The summed E-state index contributed by atoms with van der Waals surface area (Å²) < 4.78 is 5.39. The van der Waals surface area contributed by atoms with Crippen LogP contribution in [0.25, 0.3) is 22.3 Å². The van der Waals surface area contributed by atoms with Crippen molar-refractivity contribution in [3.63, 3.8) is 0 Å². The fraction of sp³-hybridized carbons (Fsp3) is 0.100. The third-order valence-corrected chi connectivity index (χ3v) is 3.67. The summed E-state index contributed by atoms with van der Waals surface area (Å²) in [6, 6.07) is 25.3. The molecule has 0 heterocycles. The van der Waals surface area contributed by atoms with Gasteiger partial charge in [-0.2, -0.15) is 0 Å². The van der Waals surface area contributed by atoms with E-state index < -0.39 is 0 Å². The van der Waals surface area contributed by atoms with Gasteiger partial charge < -0.3 is 4.74 Å². The topological polar surface area (TPSA) is 9.23 Å². The second-order valence-electron chi connectivity index (χ2n) is 5.14. The van der Waals surface area contributed by atoms with Crippen LogP contribution in [0.5, 0.6) is 5.75 Å². The first-order chi connectivity index (χ1) is 10.3. The minimum atomic E-state index is 0.879. The van der Waals surface area contributed by atoms with Gasteiger partial charge in [-0.15, -0.1) is 0 Å². The lowest BCUT2D eigenvalue weighted by atomic mass is 9.94. The third-order valence-electron chi connectivity index (χ3n) is 3.67. The van der Waals surface area contributed by atoms with Crippen LogP contribution in [-0.2, 0) is 0 Å². The predicted octanol–water partition coefficient (Wildman–Crippen LogP) is 5.34. The van der Waals surface area contributed by atoms with Crippen molar-refractivity contribution in [2.24, 2.45) is 0 Å². The number of aryl methyl sites for hydroxylation is 1. The van der Waals surface area contributed by atoms with Crippen LogP contribution in [0.4, 0.5) is 0 Å². The molecular weight excluding hydrogens is 256 g/mol.